The standard InChI is InChI=1S/C21H28N4O2S/c1-3-28(26,27)25-13-11-18(15-25)20-22-16(2)19-10-7-12-24(21(19)23-20)14-17-8-5-4-6-9-17/h4-6,8-9,18H,3,7,10-15H2,1-2H3/t18-/m1/s1. The maximum atomic E-state index is 12.2. The molecule has 1 atom stereocenters. The molecule has 1 fully saturated rings. The van der Waals surface area contributed by atoms with E-state index in [2.05, 4.69) is 36.1 Å². The number of hydrogen-bond donors (Lipinski definition) is 0. The van der Waals surface area contributed by atoms with Gasteiger partial charge in [0, 0.05) is 43.4 Å². The Morgan fingerprint density at radius 1 is 1.14 bits per heavy atom. The average Bonchev–Trinajstić information content (AvgIpc) is 3.20. The fraction of sp³-hybridized carbons (Fsp3) is 0.524. The summed E-state index contributed by atoms with van der Waals surface area (Å²) in [6.07, 6.45) is 2.90. The van der Waals surface area contributed by atoms with E-state index in [0.717, 1.165) is 49.7 Å². The molecular formula is C21H28N4O2S. The van der Waals surface area contributed by atoms with E-state index in [4.69, 9.17) is 9.97 Å². The Bertz CT molecular complexity index is 946. The summed E-state index contributed by atoms with van der Waals surface area (Å²) in [5, 5.41) is 0. The van der Waals surface area contributed by atoms with Gasteiger partial charge in [0.15, 0.2) is 0 Å². The highest BCUT2D eigenvalue weighted by Crippen LogP contribution is 2.33. The summed E-state index contributed by atoms with van der Waals surface area (Å²) in [5.74, 6) is 2.06. The van der Waals surface area contributed by atoms with Crippen LogP contribution in [0.4, 0.5) is 5.82 Å². The Balaban J connectivity index is 1.61. The van der Waals surface area contributed by atoms with Crippen LogP contribution in [0, 0.1) is 6.92 Å². The Hall–Kier alpha value is -1.99. The van der Waals surface area contributed by atoms with Crippen molar-refractivity contribution >= 4 is 15.8 Å². The molecular weight excluding hydrogens is 372 g/mol. The van der Waals surface area contributed by atoms with Gasteiger partial charge in [-0.15, -0.1) is 0 Å². The quantitative estimate of drug-likeness (QED) is 0.772. The molecule has 2 aromatic rings. The van der Waals surface area contributed by atoms with Crippen LogP contribution in [0.1, 0.15) is 48.3 Å². The maximum Gasteiger partial charge on any atom is 0.213 e. The van der Waals surface area contributed by atoms with E-state index in [1.165, 1.54) is 11.1 Å². The smallest absolute Gasteiger partial charge is 0.213 e. The van der Waals surface area contributed by atoms with E-state index >= 15 is 0 Å². The minimum Gasteiger partial charge on any atom is -0.352 e. The van der Waals surface area contributed by atoms with Gasteiger partial charge in [0.25, 0.3) is 0 Å². The van der Waals surface area contributed by atoms with Crippen LogP contribution in [0.5, 0.6) is 0 Å². The van der Waals surface area contributed by atoms with Crippen LogP contribution in [-0.2, 0) is 23.0 Å². The summed E-state index contributed by atoms with van der Waals surface area (Å²) in [7, 11) is -3.15. The average molecular weight is 401 g/mol. The van der Waals surface area contributed by atoms with Gasteiger partial charge in [-0.1, -0.05) is 30.3 Å². The molecule has 150 valence electrons. The fourth-order valence-corrected chi connectivity index (χ4v) is 5.38. The molecule has 0 N–H and O–H groups in total. The fourth-order valence-electron chi connectivity index (χ4n) is 4.22. The highest BCUT2D eigenvalue weighted by molar-refractivity contribution is 7.89. The number of anilines is 1. The van der Waals surface area contributed by atoms with E-state index in [1.54, 1.807) is 11.2 Å². The number of aryl methyl sites for hydroxylation is 1. The SMILES string of the molecule is CCS(=O)(=O)N1CC[C@@H](c2nc(C)c3c(n2)N(Cc2ccccc2)CCC3)C1. The first-order chi connectivity index (χ1) is 13.5. The molecule has 2 aliphatic heterocycles. The molecule has 0 amide bonds. The number of fused-ring (bicyclic) bond motifs is 1. The van der Waals surface area contributed by atoms with Gasteiger partial charge < -0.3 is 4.90 Å². The molecule has 1 aromatic heterocycles. The Kier molecular flexibility index (Phi) is 5.38. The lowest BCUT2D eigenvalue weighted by Crippen LogP contribution is -2.32. The first-order valence-corrected chi connectivity index (χ1v) is 11.7. The van der Waals surface area contributed by atoms with Gasteiger partial charge in [0.1, 0.15) is 11.6 Å². The van der Waals surface area contributed by atoms with Gasteiger partial charge in [0.2, 0.25) is 10.0 Å². The third-order valence-electron chi connectivity index (χ3n) is 5.85. The van der Waals surface area contributed by atoms with Crippen LogP contribution >= 0.6 is 0 Å². The molecule has 2 aliphatic rings. The van der Waals surface area contributed by atoms with Crippen molar-refractivity contribution in [2.45, 2.75) is 45.6 Å². The summed E-state index contributed by atoms with van der Waals surface area (Å²) >= 11 is 0. The number of benzene rings is 1. The second-order valence-electron chi connectivity index (χ2n) is 7.72. The predicted molar refractivity (Wildman–Crippen MR) is 111 cm³/mol. The summed E-state index contributed by atoms with van der Waals surface area (Å²) in [6.45, 7) is 6.64. The van der Waals surface area contributed by atoms with E-state index in [-0.39, 0.29) is 11.7 Å². The predicted octanol–water partition coefficient (Wildman–Crippen LogP) is 2.88. The van der Waals surface area contributed by atoms with Crippen LogP contribution in [0.25, 0.3) is 0 Å². The first kappa shape index (κ1) is 19.3. The summed E-state index contributed by atoms with van der Waals surface area (Å²) in [5.41, 5.74) is 3.55. The maximum absolute atomic E-state index is 12.2. The molecule has 0 bridgehead atoms. The molecule has 4 rings (SSSR count). The molecule has 1 saturated heterocycles. The monoisotopic (exact) mass is 400 g/mol. The van der Waals surface area contributed by atoms with Crippen molar-refractivity contribution < 1.29 is 8.42 Å². The number of nitrogens with zero attached hydrogens (tertiary/aromatic N) is 4. The normalized spacial score (nSPS) is 20.4. The van der Waals surface area contributed by atoms with Crippen molar-refractivity contribution in [2.75, 3.05) is 30.3 Å². The highest BCUT2D eigenvalue weighted by Gasteiger charge is 2.34. The molecule has 0 aliphatic carbocycles. The second-order valence-corrected chi connectivity index (χ2v) is 9.98. The van der Waals surface area contributed by atoms with Crippen molar-refractivity contribution in [3.05, 3.63) is 53.0 Å². The molecule has 0 spiro atoms. The lowest BCUT2D eigenvalue weighted by Gasteiger charge is -2.31. The Morgan fingerprint density at radius 3 is 2.68 bits per heavy atom. The molecule has 7 heteroatoms. The van der Waals surface area contributed by atoms with Crippen molar-refractivity contribution in [2.24, 2.45) is 0 Å². The van der Waals surface area contributed by atoms with Crippen molar-refractivity contribution in [1.82, 2.24) is 14.3 Å². The van der Waals surface area contributed by atoms with E-state index < -0.39 is 10.0 Å². The van der Waals surface area contributed by atoms with Gasteiger partial charge in [-0.2, -0.15) is 0 Å². The largest absolute Gasteiger partial charge is 0.352 e. The van der Waals surface area contributed by atoms with Crippen LogP contribution < -0.4 is 4.90 Å². The van der Waals surface area contributed by atoms with Crippen LogP contribution in [0.2, 0.25) is 0 Å². The third-order valence-corrected chi connectivity index (χ3v) is 7.70. The minimum absolute atomic E-state index is 0.0748. The van der Waals surface area contributed by atoms with Crippen molar-refractivity contribution in [1.29, 1.82) is 0 Å². The summed E-state index contributed by atoms with van der Waals surface area (Å²) < 4.78 is 26.0. The molecule has 0 saturated carbocycles. The van der Waals surface area contributed by atoms with E-state index in [1.807, 2.05) is 6.07 Å². The van der Waals surface area contributed by atoms with Gasteiger partial charge in [-0.25, -0.2) is 22.7 Å². The molecule has 3 heterocycles. The molecule has 28 heavy (non-hydrogen) atoms. The van der Waals surface area contributed by atoms with Gasteiger partial charge in [-0.3, -0.25) is 0 Å². The highest BCUT2D eigenvalue weighted by atomic mass is 32.2. The molecule has 0 unspecified atom stereocenters. The van der Waals surface area contributed by atoms with Crippen LogP contribution in [0.15, 0.2) is 30.3 Å². The number of rotatable bonds is 5. The zero-order valence-electron chi connectivity index (χ0n) is 16.6. The van der Waals surface area contributed by atoms with E-state index in [9.17, 15) is 8.42 Å². The Morgan fingerprint density at radius 2 is 1.93 bits per heavy atom. The topological polar surface area (TPSA) is 66.4 Å². The van der Waals surface area contributed by atoms with Gasteiger partial charge in [-0.05, 0) is 38.7 Å². The van der Waals surface area contributed by atoms with E-state index in [0.29, 0.717) is 13.1 Å². The summed E-state index contributed by atoms with van der Waals surface area (Å²) in [4.78, 5) is 12.1. The number of sulfonamides is 1. The molecule has 1 aromatic carbocycles. The molecule has 6 nitrogen and oxygen atoms in total. The minimum atomic E-state index is -3.15. The second kappa shape index (κ2) is 7.79. The number of aromatic nitrogens is 2. The first-order valence-electron chi connectivity index (χ1n) is 10.1. The third kappa shape index (κ3) is 3.78. The zero-order valence-corrected chi connectivity index (χ0v) is 17.5. The molecule has 0 radical (unpaired) electrons. The summed E-state index contributed by atoms with van der Waals surface area (Å²) in [6, 6.07) is 10.5. The van der Waals surface area contributed by atoms with Crippen molar-refractivity contribution in [3.8, 4) is 0 Å². The van der Waals surface area contributed by atoms with Crippen LogP contribution in [-0.4, -0.2) is 48.1 Å². The van der Waals surface area contributed by atoms with Gasteiger partial charge >= 0.3 is 0 Å². The lowest BCUT2D eigenvalue weighted by atomic mass is 10.0. The van der Waals surface area contributed by atoms with Crippen LogP contribution in [0.3, 0.4) is 0 Å². The number of hydrogen-bond acceptors (Lipinski definition) is 5. The Labute approximate surface area is 167 Å². The van der Waals surface area contributed by atoms with Crippen molar-refractivity contribution in [3.63, 3.8) is 0 Å². The zero-order chi connectivity index (χ0) is 19.7. The van der Waals surface area contributed by atoms with Gasteiger partial charge in [0.05, 0.1) is 5.75 Å². The lowest BCUT2D eigenvalue weighted by molar-refractivity contribution is 0.472.